The van der Waals surface area contributed by atoms with Gasteiger partial charge in [0.05, 0.1) is 0 Å². The summed E-state index contributed by atoms with van der Waals surface area (Å²) >= 11 is 0. The van der Waals surface area contributed by atoms with Crippen molar-refractivity contribution in [1.29, 1.82) is 0 Å². The van der Waals surface area contributed by atoms with E-state index in [0.717, 1.165) is 13.8 Å². The van der Waals surface area contributed by atoms with E-state index in [0.29, 0.717) is 0 Å². The van der Waals surface area contributed by atoms with Crippen LogP contribution in [-0.4, -0.2) is 42.0 Å². The van der Waals surface area contributed by atoms with E-state index < -0.39 is 42.0 Å². The minimum Gasteiger partial charge on any atom is -0.449 e. The average Bonchev–Trinajstić information content (AvgIpc) is 2.27. The molecule has 0 aliphatic heterocycles. The first kappa shape index (κ1) is 16.7. The van der Waals surface area contributed by atoms with Crippen molar-refractivity contribution in [1.82, 2.24) is 0 Å². The maximum Gasteiger partial charge on any atom is 0.425 e. The Morgan fingerprint density at radius 2 is 1.37 bits per heavy atom. The summed E-state index contributed by atoms with van der Waals surface area (Å²) in [5.74, 6) is -6.55. The van der Waals surface area contributed by atoms with Gasteiger partial charge in [-0.15, -0.1) is 0 Å². The van der Waals surface area contributed by atoms with Crippen LogP contribution in [0.2, 0.25) is 0 Å². The van der Waals surface area contributed by atoms with E-state index in [-0.39, 0.29) is 0 Å². The fourth-order valence-electron chi connectivity index (χ4n) is 0.718. The summed E-state index contributed by atoms with van der Waals surface area (Å²) in [6.07, 6.45) is -1.44. The van der Waals surface area contributed by atoms with Crippen LogP contribution in [0, 0.1) is 0 Å². The molecule has 0 aliphatic rings. The monoisotopic (exact) mass is 275 g/mol. The van der Waals surface area contributed by atoms with Crippen molar-refractivity contribution >= 4 is 29.8 Å². The van der Waals surface area contributed by atoms with Crippen LogP contribution in [0.5, 0.6) is 0 Å². The summed E-state index contributed by atoms with van der Waals surface area (Å²) in [4.78, 5) is 54.5. The minimum atomic E-state index is -1.69. The van der Waals surface area contributed by atoms with Gasteiger partial charge in [0.2, 0.25) is 0 Å². The van der Waals surface area contributed by atoms with Crippen molar-refractivity contribution in [2.45, 2.75) is 32.9 Å². The molecule has 0 spiro atoms. The molecule has 2 N–H and O–H groups in total. The van der Waals surface area contributed by atoms with Crippen molar-refractivity contribution in [2.24, 2.45) is 5.73 Å². The highest BCUT2D eigenvalue weighted by atomic mass is 16.7. The number of hydrogen-bond donors (Lipinski definition) is 1. The number of esters is 5. The molecule has 0 aromatic heterocycles. The SMILES string of the molecule is CC(=O)OC(=O)C(=O)OC(=O)C(C)OC(=O)[C@H](C)N. The number of carbonyl (C=O) groups excluding carboxylic acids is 5. The molecular weight excluding hydrogens is 262 g/mol. The van der Waals surface area contributed by atoms with Gasteiger partial charge in [0.15, 0.2) is 6.10 Å². The van der Waals surface area contributed by atoms with Gasteiger partial charge >= 0.3 is 29.8 Å². The van der Waals surface area contributed by atoms with E-state index in [4.69, 9.17) is 5.73 Å². The minimum absolute atomic E-state index is 0.886. The molecule has 0 saturated heterocycles. The van der Waals surface area contributed by atoms with Crippen LogP contribution in [0.25, 0.3) is 0 Å². The van der Waals surface area contributed by atoms with Crippen LogP contribution >= 0.6 is 0 Å². The highest BCUT2D eigenvalue weighted by Crippen LogP contribution is 1.98. The Balaban J connectivity index is 4.37. The number of rotatable bonds is 3. The number of carbonyl (C=O) groups is 5. The van der Waals surface area contributed by atoms with Crippen LogP contribution < -0.4 is 5.73 Å². The molecule has 0 saturated carbocycles. The van der Waals surface area contributed by atoms with Gasteiger partial charge in [-0.05, 0) is 13.8 Å². The zero-order valence-electron chi connectivity index (χ0n) is 10.5. The van der Waals surface area contributed by atoms with Gasteiger partial charge in [0.25, 0.3) is 0 Å². The van der Waals surface area contributed by atoms with Gasteiger partial charge in [-0.2, -0.15) is 0 Å². The Morgan fingerprint density at radius 3 is 1.79 bits per heavy atom. The van der Waals surface area contributed by atoms with Gasteiger partial charge in [-0.1, -0.05) is 0 Å². The molecular formula is C10H13NO8. The fourth-order valence-corrected chi connectivity index (χ4v) is 0.718. The standard InChI is InChI=1S/C10H13NO8/c1-4(11)7(13)17-5(2)8(14)19-10(16)9(15)18-6(3)12/h4-5H,11H2,1-3H3/t4-,5?/m0/s1. The highest BCUT2D eigenvalue weighted by molar-refractivity contribution is 6.33. The summed E-state index contributed by atoms with van der Waals surface area (Å²) in [5.41, 5.74) is 5.18. The summed E-state index contributed by atoms with van der Waals surface area (Å²) in [6.45, 7) is 3.34. The Kier molecular flexibility index (Phi) is 6.34. The van der Waals surface area contributed by atoms with Crippen molar-refractivity contribution in [3.63, 3.8) is 0 Å². The maximum atomic E-state index is 11.2. The van der Waals surface area contributed by atoms with Gasteiger partial charge in [0.1, 0.15) is 6.04 Å². The third-order valence-corrected chi connectivity index (χ3v) is 1.59. The lowest BCUT2D eigenvalue weighted by atomic mass is 10.3. The molecule has 0 aliphatic carbocycles. The van der Waals surface area contributed by atoms with Crippen LogP contribution in [0.4, 0.5) is 0 Å². The fraction of sp³-hybridized carbons (Fsp3) is 0.500. The summed E-state index contributed by atoms with van der Waals surface area (Å²) in [5, 5.41) is 0. The molecule has 2 atom stereocenters. The van der Waals surface area contributed by atoms with E-state index in [1.54, 1.807) is 0 Å². The largest absolute Gasteiger partial charge is 0.449 e. The third-order valence-electron chi connectivity index (χ3n) is 1.59. The predicted octanol–water partition coefficient (Wildman–Crippen LogP) is -1.58. The Morgan fingerprint density at radius 1 is 0.895 bits per heavy atom. The number of hydrogen-bond acceptors (Lipinski definition) is 9. The Bertz CT molecular complexity index is 414. The first-order chi connectivity index (χ1) is 8.65. The molecule has 19 heavy (non-hydrogen) atoms. The molecule has 0 aromatic rings. The first-order valence-corrected chi connectivity index (χ1v) is 5.09. The van der Waals surface area contributed by atoms with Crippen LogP contribution in [0.15, 0.2) is 0 Å². The van der Waals surface area contributed by atoms with Gasteiger partial charge in [-0.25, -0.2) is 14.4 Å². The Labute approximate surface area is 108 Å². The average molecular weight is 275 g/mol. The van der Waals surface area contributed by atoms with Gasteiger partial charge in [-0.3, -0.25) is 9.59 Å². The predicted molar refractivity (Wildman–Crippen MR) is 57.1 cm³/mol. The lowest BCUT2D eigenvalue weighted by Gasteiger charge is -2.12. The van der Waals surface area contributed by atoms with Crippen LogP contribution in [0.3, 0.4) is 0 Å². The topological polar surface area (TPSA) is 139 Å². The van der Waals surface area contributed by atoms with E-state index in [9.17, 15) is 24.0 Å². The normalized spacial score (nSPS) is 12.8. The lowest BCUT2D eigenvalue weighted by Crippen LogP contribution is -2.36. The summed E-state index contributed by atoms with van der Waals surface area (Å²) < 4.78 is 12.4. The van der Waals surface area contributed by atoms with Crippen molar-refractivity contribution in [3.8, 4) is 0 Å². The lowest BCUT2D eigenvalue weighted by molar-refractivity contribution is -0.181. The van der Waals surface area contributed by atoms with Crippen LogP contribution in [-0.2, 0) is 38.2 Å². The third kappa shape index (κ3) is 6.27. The van der Waals surface area contributed by atoms with E-state index in [1.165, 1.54) is 6.92 Å². The van der Waals surface area contributed by atoms with Gasteiger partial charge in [0, 0.05) is 6.92 Å². The molecule has 106 valence electrons. The first-order valence-electron chi connectivity index (χ1n) is 5.09. The molecule has 9 heteroatoms. The highest BCUT2D eigenvalue weighted by Gasteiger charge is 2.28. The maximum absolute atomic E-state index is 11.2. The Hall–Kier alpha value is -2.29. The van der Waals surface area contributed by atoms with Crippen molar-refractivity contribution in [3.05, 3.63) is 0 Å². The molecule has 0 fully saturated rings. The second kappa shape index (κ2) is 7.21. The molecule has 9 nitrogen and oxygen atoms in total. The van der Waals surface area contributed by atoms with E-state index >= 15 is 0 Å². The molecule has 0 rings (SSSR count). The van der Waals surface area contributed by atoms with Crippen molar-refractivity contribution < 1.29 is 38.2 Å². The molecule has 0 bridgehead atoms. The molecule has 0 heterocycles. The second-order valence-corrected chi connectivity index (χ2v) is 3.46. The zero-order valence-corrected chi connectivity index (χ0v) is 10.5. The number of ether oxygens (including phenoxy) is 3. The zero-order chi connectivity index (χ0) is 15.2. The molecule has 0 amide bonds. The smallest absolute Gasteiger partial charge is 0.425 e. The van der Waals surface area contributed by atoms with E-state index in [2.05, 4.69) is 14.2 Å². The van der Waals surface area contributed by atoms with Gasteiger partial charge < -0.3 is 19.9 Å². The molecule has 1 unspecified atom stereocenters. The summed E-state index contributed by atoms with van der Waals surface area (Å²) in [7, 11) is 0. The quantitative estimate of drug-likeness (QED) is 0.280. The van der Waals surface area contributed by atoms with Crippen molar-refractivity contribution in [2.75, 3.05) is 0 Å². The van der Waals surface area contributed by atoms with Crippen LogP contribution in [0.1, 0.15) is 20.8 Å². The van der Waals surface area contributed by atoms with E-state index in [1.807, 2.05) is 0 Å². The molecule has 0 aromatic carbocycles. The second-order valence-electron chi connectivity index (χ2n) is 3.46. The number of nitrogens with two attached hydrogens (primary N) is 1. The summed E-state index contributed by atoms with van der Waals surface area (Å²) in [6, 6.07) is -0.964. The molecule has 0 radical (unpaired) electrons.